The molecule has 2 N–H and O–H groups in total. The average Bonchev–Trinajstić information content (AvgIpc) is 2.58. The Balaban J connectivity index is 2.26. The van der Waals surface area contributed by atoms with E-state index in [2.05, 4.69) is 4.98 Å². The van der Waals surface area contributed by atoms with Crippen molar-refractivity contribution in [3.8, 4) is 0 Å². The molecule has 2 rings (SSSR count). The van der Waals surface area contributed by atoms with Crippen molar-refractivity contribution in [1.82, 2.24) is 4.98 Å². The molecule has 0 amide bonds. The van der Waals surface area contributed by atoms with Crippen LogP contribution in [0.4, 0.5) is 13.2 Å². The Hall–Kier alpha value is -0.970. The van der Waals surface area contributed by atoms with Crippen molar-refractivity contribution in [3.63, 3.8) is 0 Å². The minimum absolute atomic E-state index is 0.130. The first-order valence-electron chi connectivity index (χ1n) is 4.94. The van der Waals surface area contributed by atoms with Crippen molar-refractivity contribution >= 4 is 0 Å². The zero-order valence-electron chi connectivity index (χ0n) is 8.06. The number of hydrogen-bond donors (Lipinski definition) is 2. The van der Waals surface area contributed by atoms with Crippen LogP contribution in [0.25, 0.3) is 0 Å². The van der Waals surface area contributed by atoms with E-state index in [-0.39, 0.29) is 5.69 Å². The molecule has 1 unspecified atom stereocenters. The van der Waals surface area contributed by atoms with E-state index < -0.39 is 12.3 Å². The largest absolute Gasteiger partial charge is 0.420 e. The van der Waals surface area contributed by atoms with Gasteiger partial charge in [-0.1, -0.05) is 0 Å². The molecule has 84 valence electrons. The molecule has 0 bridgehead atoms. The second kappa shape index (κ2) is 3.56. The van der Waals surface area contributed by atoms with Gasteiger partial charge in [-0.15, -0.1) is 0 Å². The second-order valence-electron chi connectivity index (χ2n) is 3.88. The molecule has 0 fully saturated rings. The van der Waals surface area contributed by atoms with E-state index in [0.717, 1.165) is 36.9 Å². The standard InChI is InChI=1S/C10H12F3NO/c11-10(12,13)9(15)8-5-6-3-1-2-4-7(6)14-8/h5,9,14-15H,1-4H2. The Morgan fingerprint density at radius 1 is 1.27 bits per heavy atom. The Morgan fingerprint density at radius 3 is 2.53 bits per heavy atom. The first kappa shape index (κ1) is 10.5. The first-order valence-corrected chi connectivity index (χ1v) is 4.94. The first-order chi connectivity index (χ1) is 6.98. The van der Waals surface area contributed by atoms with Gasteiger partial charge in [0.05, 0.1) is 5.69 Å². The van der Waals surface area contributed by atoms with Crippen LogP contribution in [0.15, 0.2) is 6.07 Å². The molecule has 0 spiro atoms. The zero-order chi connectivity index (χ0) is 11.1. The minimum atomic E-state index is -4.59. The second-order valence-corrected chi connectivity index (χ2v) is 3.88. The van der Waals surface area contributed by atoms with Crippen LogP contribution in [0.1, 0.15) is 35.9 Å². The monoisotopic (exact) mass is 219 g/mol. The van der Waals surface area contributed by atoms with Crippen LogP contribution < -0.4 is 0 Å². The van der Waals surface area contributed by atoms with Gasteiger partial charge in [0, 0.05) is 5.69 Å². The number of aliphatic hydroxyl groups is 1. The highest BCUT2D eigenvalue weighted by Gasteiger charge is 2.40. The Morgan fingerprint density at radius 2 is 1.93 bits per heavy atom. The van der Waals surface area contributed by atoms with Crippen molar-refractivity contribution in [1.29, 1.82) is 0 Å². The molecule has 0 saturated heterocycles. The van der Waals surface area contributed by atoms with Gasteiger partial charge in [0.25, 0.3) is 0 Å². The van der Waals surface area contributed by atoms with Crippen LogP contribution in [0.3, 0.4) is 0 Å². The summed E-state index contributed by atoms with van der Waals surface area (Å²) in [6.45, 7) is 0. The third-order valence-electron chi connectivity index (χ3n) is 2.74. The molecule has 0 aromatic carbocycles. The van der Waals surface area contributed by atoms with E-state index in [1.165, 1.54) is 6.07 Å². The number of alkyl halides is 3. The Labute approximate surface area is 85.1 Å². The average molecular weight is 219 g/mol. The quantitative estimate of drug-likeness (QED) is 0.747. The van der Waals surface area contributed by atoms with Crippen LogP contribution >= 0.6 is 0 Å². The fourth-order valence-corrected chi connectivity index (χ4v) is 1.95. The van der Waals surface area contributed by atoms with Crippen molar-refractivity contribution in [3.05, 3.63) is 23.0 Å². The molecule has 1 aliphatic rings. The van der Waals surface area contributed by atoms with E-state index in [0.29, 0.717) is 0 Å². The van der Waals surface area contributed by atoms with Crippen LogP contribution in [-0.2, 0) is 12.8 Å². The lowest BCUT2D eigenvalue weighted by atomic mass is 9.98. The fourth-order valence-electron chi connectivity index (χ4n) is 1.95. The number of hydrogen-bond acceptors (Lipinski definition) is 1. The maximum absolute atomic E-state index is 12.2. The van der Waals surface area contributed by atoms with Gasteiger partial charge in [0.1, 0.15) is 0 Å². The summed E-state index contributed by atoms with van der Waals surface area (Å²) in [7, 11) is 0. The summed E-state index contributed by atoms with van der Waals surface area (Å²) < 4.78 is 36.7. The lowest BCUT2D eigenvalue weighted by molar-refractivity contribution is -0.207. The van der Waals surface area contributed by atoms with Crippen LogP contribution in [0.5, 0.6) is 0 Å². The van der Waals surface area contributed by atoms with Gasteiger partial charge in [-0.05, 0) is 37.3 Å². The predicted molar refractivity (Wildman–Crippen MR) is 48.4 cm³/mol. The normalized spacial score (nSPS) is 18.7. The lowest BCUT2D eigenvalue weighted by Crippen LogP contribution is -2.20. The highest BCUT2D eigenvalue weighted by Crippen LogP contribution is 2.34. The molecule has 0 radical (unpaired) electrons. The highest BCUT2D eigenvalue weighted by molar-refractivity contribution is 5.29. The zero-order valence-corrected chi connectivity index (χ0v) is 8.06. The number of nitrogens with one attached hydrogen (secondary N) is 1. The molecule has 1 atom stereocenters. The summed E-state index contributed by atoms with van der Waals surface area (Å²) in [5, 5.41) is 9.05. The summed E-state index contributed by atoms with van der Waals surface area (Å²) in [5.74, 6) is 0. The molecular weight excluding hydrogens is 207 g/mol. The summed E-state index contributed by atoms with van der Waals surface area (Å²) in [5.41, 5.74) is 1.63. The Bertz CT molecular complexity index is 333. The smallest absolute Gasteiger partial charge is 0.378 e. The van der Waals surface area contributed by atoms with Gasteiger partial charge >= 0.3 is 6.18 Å². The van der Waals surface area contributed by atoms with Gasteiger partial charge < -0.3 is 10.1 Å². The molecule has 1 aromatic rings. The van der Waals surface area contributed by atoms with Gasteiger partial charge in [0.2, 0.25) is 0 Å². The number of halogens is 3. The van der Waals surface area contributed by atoms with E-state index >= 15 is 0 Å². The maximum Gasteiger partial charge on any atom is 0.420 e. The number of aliphatic hydroxyl groups excluding tert-OH is 1. The van der Waals surface area contributed by atoms with Gasteiger partial charge in [-0.3, -0.25) is 0 Å². The topological polar surface area (TPSA) is 36.0 Å². The number of rotatable bonds is 1. The van der Waals surface area contributed by atoms with Crippen LogP contribution in [0, 0.1) is 0 Å². The molecule has 0 aliphatic heterocycles. The number of H-pyrrole nitrogens is 1. The lowest BCUT2D eigenvalue weighted by Gasteiger charge is -2.12. The molecule has 5 heteroatoms. The Kier molecular flexibility index (Phi) is 2.50. The number of fused-ring (bicyclic) bond motifs is 1. The van der Waals surface area contributed by atoms with E-state index in [1.807, 2.05) is 0 Å². The van der Waals surface area contributed by atoms with Crippen molar-refractivity contribution in [2.75, 3.05) is 0 Å². The van der Waals surface area contributed by atoms with Gasteiger partial charge in [0.15, 0.2) is 6.10 Å². The van der Waals surface area contributed by atoms with E-state index in [1.54, 1.807) is 0 Å². The predicted octanol–water partition coefficient (Wildman–Crippen LogP) is 2.49. The molecule has 2 nitrogen and oxygen atoms in total. The molecule has 1 heterocycles. The highest BCUT2D eigenvalue weighted by atomic mass is 19.4. The summed E-state index contributed by atoms with van der Waals surface area (Å²) in [4.78, 5) is 2.67. The SMILES string of the molecule is OC(c1cc2c([nH]1)CCCC2)C(F)(F)F. The number of aromatic nitrogens is 1. The summed E-state index contributed by atoms with van der Waals surface area (Å²) in [6.07, 6.45) is -3.39. The molecule has 1 aliphatic carbocycles. The van der Waals surface area contributed by atoms with Gasteiger partial charge in [-0.2, -0.15) is 13.2 Å². The molecule has 15 heavy (non-hydrogen) atoms. The van der Waals surface area contributed by atoms with E-state index in [4.69, 9.17) is 5.11 Å². The summed E-state index contributed by atoms with van der Waals surface area (Å²) in [6, 6.07) is 1.44. The van der Waals surface area contributed by atoms with Crippen molar-refractivity contribution in [2.24, 2.45) is 0 Å². The van der Waals surface area contributed by atoms with Crippen molar-refractivity contribution < 1.29 is 18.3 Å². The third-order valence-corrected chi connectivity index (χ3v) is 2.74. The minimum Gasteiger partial charge on any atom is -0.378 e. The molecule has 1 aromatic heterocycles. The number of aryl methyl sites for hydroxylation is 2. The van der Waals surface area contributed by atoms with Gasteiger partial charge in [-0.25, -0.2) is 0 Å². The molecular formula is C10H12F3NO. The summed E-state index contributed by atoms with van der Waals surface area (Å²) >= 11 is 0. The maximum atomic E-state index is 12.2. The van der Waals surface area contributed by atoms with Crippen molar-refractivity contribution in [2.45, 2.75) is 38.0 Å². The number of aromatic amines is 1. The molecule has 0 saturated carbocycles. The van der Waals surface area contributed by atoms with Crippen LogP contribution in [0.2, 0.25) is 0 Å². The van der Waals surface area contributed by atoms with Crippen LogP contribution in [-0.4, -0.2) is 16.3 Å². The fraction of sp³-hybridized carbons (Fsp3) is 0.600. The third kappa shape index (κ3) is 2.02. The van der Waals surface area contributed by atoms with E-state index in [9.17, 15) is 13.2 Å².